The Morgan fingerprint density at radius 2 is 1.86 bits per heavy atom. The van der Waals surface area contributed by atoms with Crippen molar-refractivity contribution in [1.29, 1.82) is 0 Å². The fourth-order valence-corrected chi connectivity index (χ4v) is 4.05. The Balaban J connectivity index is 2.72. The van der Waals surface area contributed by atoms with Gasteiger partial charge in [-0.15, -0.1) is 6.58 Å². The van der Waals surface area contributed by atoms with E-state index < -0.39 is 59.1 Å². The summed E-state index contributed by atoms with van der Waals surface area (Å²) in [5, 5.41) is 10.1. The molecule has 1 aliphatic heterocycles. The number of aldehydes is 1. The maximum Gasteiger partial charge on any atom is 0.337 e. The molecule has 6 atom stereocenters. The minimum atomic E-state index is -1.85. The van der Waals surface area contributed by atoms with Gasteiger partial charge in [0, 0.05) is 23.8 Å². The lowest BCUT2D eigenvalue weighted by atomic mass is 9.55. The van der Waals surface area contributed by atoms with Crippen LogP contribution < -0.4 is 0 Å². The van der Waals surface area contributed by atoms with E-state index in [-0.39, 0.29) is 11.1 Å². The molecule has 0 aromatic carbocycles. The van der Waals surface area contributed by atoms with Crippen LogP contribution in [0.2, 0.25) is 0 Å². The molecule has 1 N–H and O–H groups in total. The average Bonchev–Trinajstić information content (AvgIpc) is 2.61. The summed E-state index contributed by atoms with van der Waals surface area (Å²) in [5.74, 6) is -4.22. The second kappa shape index (κ2) is 7.59. The van der Waals surface area contributed by atoms with Crippen LogP contribution in [-0.4, -0.2) is 53.2 Å². The first-order valence-electron chi connectivity index (χ1n) is 9.07. The van der Waals surface area contributed by atoms with Gasteiger partial charge >= 0.3 is 17.9 Å². The van der Waals surface area contributed by atoms with Crippen LogP contribution in [0.4, 0.5) is 0 Å². The van der Waals surface area contributed by atoms with E-state index >= 15 is 0 Å². The molecule has 0 unspecified atom stereocenters. The SMILES string of the molecule is C=C[C@]1(C)[C@H](C(=C)C=O)[C@@H](OC(=O)C(C)(C)O)[C@@H]2C(=C)C(=O)O[C@H]1[C@H]2OC(C)=O. The maximum atomic E-state index is 12.5. The molecule has 0 aromatic heterocycles. The molecule has 8 heteroatoms. The summed E-state index contributed by atoms with van der Waals surface area (Å²) in [6.07, 6.45) is -1.25. The molecule has 29 heavy (non-hydrogen) atoms. The number of esters is 3. The normalized spacial score (nSPS) is 33.9. The number of ether oxygens (including phenoxy) is 3. The Kier molecular flexibility index (Phi) is 5.90. The molecule has 0 spiro atoms. The maximum absolute atomic E-state index is 12.5. The lowest BCUT2D eigenvalue weighted by Gasteiger charge is -2.56. The van der Waals surface area contributed by atoms with Crippen LogP contribution in [0.3, 0.4) is 0 Å². The van der Waals surface area contributed by atoms with Crippen molar-refractivity contribution >= 4 is 24.2 Å². The van der Waals surface area contributed by atoms with Crippen LogP contribution in [0.5, 0.6) is 0 Å². The van der Waals surface area contributed by atoms with Crippen LogP contribution >= 0.6 is 0 Å². The zero-order valence-corrected chi connectivity index (χ0v) is 17.0. The second-order valence-electron chi connectivity index (χ2n) is 8.12. The highest BCUT2D eigenvalue weighted by Gasteiger charge is 2.65. The highest BCUT2D eigenvalue weighted by Crippen LogP contribution is 2.54. The first-order valence-corrected chi connectivity index (χ1v) is 9.07. The summed E-state index contributed by atoms with van der Waals surface area (Å²) in [7, 11) is 0. The predicted octanol–water partition coefficient (Wildman–Crippen LogP) is 1.28. The van der Waals surface area contributed by atoms with Gasteiger partial charge in [0.25, 0.3) is 0 Å². The monoisotopic (exact) mass is 406 g/mol. The molecule has 2 bridgehead atoms. The summed E-state index contributed by atoms with van der Waals surface area (Å²) in [5.41, 5.74) is -3.02. The fraction of sp³-hybridized carbons (Fsp3) is 0.524. The average molecular weight is 406 g/mol. The quantitative estimate of drug-likeness (QED) is 0.231. The number of hydrogen-bond acceptors (Lipinski definition) is 8. The van der Waals surface area contributed by atoms with Gasteiger partial charge in [-0.05, 0) is 19.4 Å². The van der Waals surface area contributed by atoms with Crippen LogP contribution in [0.15, 0.2) is 37.0 Å². The molecule has 0 amide bonds. The Morgan fingerprint density at radius 1 is 1.28 bits per heavy atom. The molecular formula is C21H26O8. The van der Waals surface area contributed by atoms with Gasteiger partial charge < -0.3 is 19.3 Å². The van der Waals surface area contributed by atoms with E-state index in [4.69, 9.17) is 14.2 Å². The van der Waals surface area contributed by atoms with Crippen LogP contribution in [0, 0.1) is 17.3 Å². The molecule has 1 heterocycles. The van der Waals surface area contributed by atoms with Crippen molar-refractivity contribution in [1.82, 2.24) is 0 Å². The fourth-order valence-electron chi connectivity index (χ4n) is 4.05. The third kappa shape index (κ3) is 3.76. The summed E-state index contributed by atoms with van der Waals surface area (Å²) >= 11 is 0. The molecule has 2 fully saturated rings. The molecule has 2 aliphatic rings. The van der Waals surface area contributed by atoms with E-state index in [0.29, 0.717) is 6.29 Å². The molecule has 0 aromatic rings. The topological polar surface area (TPSA) is 116 Å². The molecule has 0 radical (unpaired) electrons. The van der Waals surface area contributed by atoms with Crippen molar-refractivity contribution in [3.8, 4) is 0 Å². The Bertz CT molecular complexity index is 789. The smallest absolute Gasteiger partial charge is 0.337 e. The van der Waals surface area contributed by atoms with Crippen molar-refractivity contribution in [2.24, 2.45) is 17.3 Å². The zero-order valence-electron chi connectivity index (χ0n) is 17.0. The minimum absolute atomic E-state index is 0.0722. The predicted molar refractivity (Wildman–Crippen MR) is 101 cm³/mol. The third-order valence-electron chi connectivity index (χ3n) is 5.55. The first-order chi connectivity index (χ1) is 13.3. The van der Waals surface area contributed by atoms with Gasteiger partial charge in [-0.3, -0.25) is 9.59 Å². The summed E-state index contributed by atoms with van der Waals surface area (Å²) in [4.78, 5) is 48.3. The van der Waals surface area contributed by atoms with Gasteiger partial charge in [0.2, 0.25) is 0 Å². The van der Waals surface area contributed by atoms with Crippen molar-refractivity contribution in [3.05, 3.63) is 37.0 Å². The van der Waals surface area contributed by atoms with Crippen LogP contribution in [-0.2, 0) is 33.4 Å². The molecule has 1 aliphatic carbocycles. The minimum Gasteiger partial charge on any atom is -0.459 e. The van der Waals surface area contributed by atoms with E-state index in [0.717, 1.165) is 0 Å². The van der Waals surface area contributed by atoms with Crippen molar-refractivity contribution in [3.63, 3.8) is 0 Å². The largest absolute Gasteiger partial charge is 0.459 e. The van der Waals surface area contributed by atoms with Crippen molar-refractivity contribution in [2.45, 2.75) is 51.6 Å². The molecular weight excluding hydrogens is 380 g/mol. The molecule has 1 saturated heterocycles. The zero-order chi connectivity index (χ0) is 22.3. The van der Waals surface area contributed by atoms with Crippen molar-refractivity contribution < 1.29 is 38.5 Å². The second-order valence-corrected chi connectivity index (χ2v) is 8.12. The molecule has 1 saturated carbocycles. The summed E-state index contributed by atoms with van der Waals surface area (Å²) in [6.45, 7) is 16.6. The van der Waals surface area contributed by atoms with Gasteiger partial charge in [-0.25, -0.2) is 9.59 Å². The van der Waals surface area contributed by atoms with E-state index in [1.165, 1.54) is 26.8 Å². The van der Waals surface area contributed by atoms with Gasteiger partial charge in [-0.1, -0.05) is 26.2 Å². The van der Waals surface area contributed by atoms with E-state index in [9.17, 15) is 24.3 Å². The number of fused-ring (bicyclic) bond motifs is 2. The molecule has 158 valence electrons. The highest BCUT2D eigenvalue weighted by atomic mass is 16.6. The van der Waals surface area contributed by atoms with E-state index in [1.54, 1.807) is 6.92 Å². The molecule has 2 rings (SSSR count). The van der Waals surface area contributed by atoms with Crippen LogP contribution in [0.1, 0.15) is 27.7 Å². The highest BCUT2D eigenvalue weighted by molar-refractivity contribution is 5.90. The lowest BCUT2D eigenvalue weighted by molar-refractivity contribution is -0.227. The number of aliphatic hydroxyl groups is 1. The van der Waals surface area contributed by atoms with E-state index in [2.05, 4.69) is 19.7 Å². The van der Waals surface area contributed by atoms with Gasteiger partial charge in [0.1, 0.15) is 18.5 Å². The Labute approximate surface area is 169 Å². The number of rotatable bonds is 6. The first kappa shape index (κ1) is 22.5. The number of carbonyl (C=O) groups excluding carboxylic acids is 4. The number of carbonyl (C=O) groups is 4. The Morgan fingerprint density at radius 3 is 2.31 bits per heavy atom. The van der Waals surface area contributed by atoms with Gasteiger partial charge in [0.05, 0.1) is 5.92 Å². The van der Waals surface area contributed by atoms with Gasteiger partial charge in [-0.2, -0.15) is 0 Å². The molecule has 8 nitrogen and oxygen atoms in total. The van der Waals surface area contributed by atoms with Crippen molar-refractivity contribution in [2.75, 3.05) is 0 Å². The summed E-state index contributed by atoms with van der Waals surface area (Å²) in [6, 6.07) is 0. The standard InChI is InChI=1S/C21H26O8/c1-8-21(7)14(10(2)9-22)15(28-19(25)20(5,6)26)13-11(3)18(24)29-17(21)16(13)27-12(4)23/h8-9,13-17,26H,1-3H2,4-7H3/t13-,14+,15-,16-,17-,21+/m0/s1. The number of hydrogen-bond donors (Lipinski definition) is 1. The van der Waals surface area contributed by atoms with Gasteiger partial charge in [0.15, 0.2) is 11.7 Å². The van der Waals surface area contributed by atoms with Crippen LogP contribution in [0.25, 0.3) is 0 Å². The summed E-state index contributed by atoms with van der Waals surface area (Å²) < 4.78 is 16.5. The van der Waals surface area contributed by atoms with E-state index in [1.807, 2.05) is 0 Å². The lowest BCUT2D eigenvalue weighted by Crippen LogP contribution is -2.67. The third-order valence-corrected chi connectivity index (χ3v) is 5.55. The Hall–Kier alpha value is -2.74.